The molecule has 2 nitrogen and oxygen atoms in total. The molecule has 0 amide bonds. The van der Waals surface area contributed by atoms with Crippen LogP contribution in [0.3, 0.4) is 0 Å². The van der Waals surface area contributed by atoms with Crippen molar-refractivity contribution in [3.05, 3.63) is 29.6 Å². The largest absolute Gasteiger partial charge is 0.360 e. The number of halogens is 1. The molecule has 0 N–H and O–H groups in total. The Morgan fingerprint density at radius 2 is 2.27 bits per heavy atom. The van der Waals surface area contributed by atoms with Crippen LogP contribution in [0.1, 0.15) is 17.3 Å². The number of hydrogen-bond acceptors (Lipinski definition) is 2. The number of para-hydroxylation sites is 1. The van der Waals surface area contributed by atoms with E-state index >= 15 is 0 Å². The van der Waals surface area contributed by atoms with E-state index in [2.05, 4.69) is 5.92 Å². The van der Waals surface area contributed by atoms with Crippen molar-refractivity contribution in [1.82, 2.24) is 0 Å². The zero-order valence-corrected chi connectivity index (χ0v) is 8.75. The van der Waals surface area contributed by atoms with E-state index in [-0.39, 0.29) is 18.0 Å². The van der Waals surface area contributed by atoms with E-state index in [0.717, 1.165) is 0 Å². The lowest BCUT2D eigenvalue weighted by Crippen LogP contribution is -2.21. The lowest BCUT2D eigenvalue weighted by Gasteiger charge is -2.19. The summed E-state index contributed by atoms with van der Waals surface area (Å²) in [6.45, 7) is 1.67. The molecule has 0 spiro atoms. The molecule has 1 aromatic rings. The van der Waals surface area contributed by atoms with E-state index in [0.29, 0.717) is 5.56 Å². The lowest BCUT2D eigenvalue weighted by atomic mass is 10.1. The summed E-state index contributed by atoms with van der Waals surface area (Å²) in [6.07, 6.45) is 5.14. The average Bonchev–Trinajstić information content (AvgIpc) is 2.17. The van der Waals surface area contributed by atoms with Crippen LogP contribution in [0.4, 0.5) is 10.1 Å². The summed E-state index contributed by atoms with van der Waals surface area (Å²) in [5, 5.41) is 0. The van der Waals surface area contributed by atoms with Crippen LogP contribution in [0.2, 0.25) is 0 Å². The minimum atomic E-state index is -0.430. The normalized spacial score (nSPS) is 9.47. The molecule has 0 aromatic heterocycles. The highest BCUT2D eigenvalue weighted by Gasteiger charge is 2.14. The fourth-order valence-corrected chi connectivity index (χ4v) is 1.40. The number of nitrogens with zero attached hydrogens (tertiary/aromatic N) is 1. The molecule has 0 bridgehead atoms. The number of benzene rings is 1. The van der Waals surface area contributed by atoms with Crippen LogP contribution >= 0.6 is 0 Å². The zero-order chi connectivity index (χ0) is 11.4. The number of ketones is 1. The van der Waals surface area contributed by atoms with E-state index in [1.165, 1.54) is 19.1 Å². The van der Waals surface area contributed by atoms with Gasteiger partial charge in [-0.15, -0.1) is 6.42 Å². The summed E-state index contributed by atoms with van der Waals surface area (Å²) >= 11 is 0. The summed E-state index contributed by atoms with van der Waals surface area (Å²) in [6, 6.07) is 4.42. The number of terminal acetylenes is 1. The third-order valence-electron chi connectivity index (χ3n) is 2.08. The van der Waals surface area contributed by atoms with Crippen LogP contribution in [0.15, 0.2) is 18.2 Å². The number of anilines is 1. The van der Waals surface area contributed by atoms with Crippen molar-refractivity contribution in [3.8, 4) is 12.3 Å². The molecular weight excluding hydrogens is 193 g/mol. The molecule has 0 aliphatic rings. The first-order chi connectivity index (χ1) is 7.07. The molecule has 78 valence electrons. The van der Waals surface area contributed by atoms with Gasteiger partial charge < -0.3 is 4.90 Å². The zero-order valence-electron chi connectivity index (χ0n) is 8.75. The molecule has 1 aromatic carbocycles. The second-order valence-electron chi connectivity index (χ2n) is 3.25. The van der Waals surface area contributed by atoms with Crippen LogP contribution in [-0.4, -0.2) is 19.4 Å². The first-order valence-electron chi connectivity index (χ1n) is 4.52. The maximum atomic E-state index is 13.5. The molecule has 0 unspecified atom stereocenters. The standard InChI is InChI=1S/C12H12FNO/c1-4-8-14(3)12-10(9(2)15)6-5-7-11(12)13/h1,5-7H,8H2,2-3H3. The molecule has 3 heteroatoms. The third kappa shape index (κ3) is 2.35. The van der Waals surface area contributed by atoms with Gasteiger partial charge in [-0.25, -0.2) is 4.39 Å². The molecule has 15 heavy (non-hydrogen) atoms. The van der Waals surface area contributed by atoms with Crippen LogP contribution < -0.4 is 4.90 Å². The van der Waals surface area contributed by atoms with E-state index in [1.807, 2.05) is 0 Å². The van der Waals surface area contributed by atoms with Crippen LogP contribution in [-0.2, 0) is 0 Å². The average molecular weight is 205 g/mol. The molecule has 0 atom stereocenters. The summed E-state index contributed by atoms with van der Waals surface area (Å²) in [7, 11) is 1.66. The molecule has 1 rings (SSSR count). The predicted molar refractivity (Wildman–Crippen MR) is 58.5 cm³/mol. The van der Waals surface area contributed by atoms with Crippen molar-refractivity contribution in [1.29, 1.82) is 0 Å². The molecule has 0 heterocycles. The second-order valence-corrected chi connectivity index (χ2v) is 3.25. The van der Waals surface area contributed by atoms with Gasteiger partial charge in [0.05, 0.1) is 12.2 Å². The Labute approximate surface area is 88.7 Å². The van der Waals surface area contributed by atoms with Gasteiger partial charge in [-0.1, -0.05) is 12.0 Å². The maximum Gasteiger partial charge on any atom is 0.161 e. The van der Waals surface area contributed by atoms with Crippen molar-refractivity contribution in [2.45, 2.75) is 6.92 Å². The van der Waals surface area contributed by atoms with Crippen molar-refractivity contribution >= 4 is 11.5 Å². The van der Waals surface area contributed by atoms with Crippen LogP contribution in [0, 0.1) is 18.2 Å². The maximum absolute atomic E-state index is 13.5. The molecular formula is C12H12FNO. The summed E-state index contributed by atoms with van der Waals surface area (Å²) in [5.41, 5.74) is 0.621. The highest BCUT2D eigenvalue weighted by Crippen LogP contribution is 2.23. The van der Waals surface area contributed by atoms with Crippen molar-refractivity contribution in [2.75, 3.05) is 18.5 Å². The monoisotopic (exact) mass is 205 g/mol. The molecule has 0 saturated carbocycles. The highest BCUT2D eigenvalue weighted by atomic mass is 19.1. The van der Waals surface area contributed by atoms with Gasteiger partial charge in [0.1, 0.15) is 5.82 Å². The molecule has 0 aliphatic carbocycles. The van der Waals surface area contributed by atoms with Gasteiger partial charge in [-0.2, -0.15) is 0 Å². The van der Waals surface area contributed by atoms with Gasteiger partial charge >= 0.3 is 0 Å². The van der Waals surface area contributed by atoms with Gasteiger partial charge in [0.15, 0.2) is 5.78 Å². The minimum absolute atomic E-state index is 0.173. The first-order valence-corrected chi connectivity index (χ1v) is 4.52. The van der Waals surface area contributed by atoms with Gasteiger partial charge in [0.25, 0.3) is 0 Å². The van der Waals surface area contributed by atoms with Crippen molar-refractivity contribution < 1.29 is 9.18 Å². The quantitative estimate of drug-likeness (QED) is 0.556. The number of carbonyl (C=O) groups excluding carboxylic acids is 1. The summed E-state index contributed by atoms with van der Waals surface area (Å²) in [5.74, 6) is 1.80. The summed E-state index contributed by atoms with van der Waals surface area (Å²) < 4.78 is 13.5. The van der Waals surface area contributed by atoms with Gasteiger partial charge in [-0.05, 0) is 19.1 Å². The fraction of sp³-hybridized carbons (Fsp3) is 0.250. The van der Waals surface area contributed by atoms with Gasteiger partial charge in [-0.3, -0.25) is 4.79 Å². The first kappa shape index (κ1) is 11.3. The highest BCUT2D eigenvalue weighted by molar-refractivity contribution is 5.99. The van der Waals surface area contributed by atoms with Gasteiger partial charge in [0, 0.05) is 12.6 Å². The topological polar surface area (TPSA) is 20.3 Å². The Balaban J connectivity index is 3.25. The fourth-order valence-electron chi connectivity index (χ4n) is 1.40. The Morgan fingerprint density at radius 3 is 2.80 bits per heavy atom. The Kier molecular flexibility index (Phi) is 3.46. The number of rotatable bonds is 3. The third-order valence-corrected chi connectivity index (χ3v) is 2.08. The van der Waals surface area contributed by atoms with Crippen LogP contribution in [0.25, 0.3) is 0 Å². The van der Waals surface area contributed by atoms with Crippen molar-refractivity contribution in [2.24, 2.45) is 0 Å². The number of Topliss-reactive ketones (excluding diaryl/α,β-unsaturated/α-hetero) is 1. The molecule has 0 saturated heterocycles. The SMILES string of the molecule is C#CCN(C)c1c(F)cccc1C(C)=O. The number of hydrogen-bond donors (Lipinski definition) is 0. The van der Waals surface area contributed by atoms with E-state index in [1.54, 1.807) is 18.0 Å². The van der Waals surface area contributed by atoms with E-state index < -0.39 is 5.82 Å². The second kappa shape index (κ2) is 4.61. The van der Waals surface area contributed by atoms with Gasteiger partial charge in [0.2, 0.25) is 0 Å². The lowest BCUT2D eigenvalue weighted by molar-refractivity contribution is 0.101. The molecule has 0 fully saturated rings. The molecule has 0 radical (unpaired) electrons. The van der Waals surface area contributed by atoms with E-state index in [4.69, 9.17) is 6.42 Å². The smallest absolute Gasteiger partial charge is 0.161 e. The Morgan fingerprint density at radius 1 is 1.60 bits per heavy atom. The van der Waals surface area contributed by atoms with Crippen molar-refractivity contribution in [3.63, 3.8) is 0 Å². The Bertz CT molecular complexity index is 420. The predicted octanol–water partition coefficient (Wildman–Crippen LogP) is 2.10. The summed E-state index contributed by atoms with van der Waals surface area (Å²) in [4.78, 5) is 12.8. The van der Waals surface area contributed by atoms with Crippen LogP contribution in [0.5, 0.6) is 0 Å². The Hall–Kier alpha value is -1.82. The molecule has 0 aliphatic heterocycles. The number of carbonyl (C=O) groups is 1. The minimum Gasteiger partial charge on any atom is -0.360 e. The van der Waals surface area contributed by atoms with E-state index in [9.17, 15) is 9.18 Å².